The van der Waals surface area contributed by atoms with Crippen LogP contribution in [0.4, 0.5) is 13.2 Å². The third kappa shape index (κ3) is 4.71. The Balaban J connectivity index is 2.52. The highest BCUT2D eigenvalue weighted by Gasteiger charge is 2.31. The van der Waals surface area contributed by atoms with Gasteiger partial charge in [-0.2, -0.15) is 13.2 Å². The van der Waals surface area contributed by atoms with Crippen molar-refractivity contribution in [3.63, 3.8) is 0 Å². The number of alkyl halides is 3. The summed E-state index contributed by atoms with van der Waals surface area (Å²) in [7, 11) is 0. The fraction of sp³-hybridized carbons (Fsp3) is 0.600. The van der Waals surface area contributed by atoms with Gasteiger partial charge in [-0.1, -0.05) is 44.7 Å². The second kappa shape index (κ2) is 6.81. The molecule has 0 aliphatic heterocycles. The fourth-order valence-electron chi connectivity index (χ4n) is 2.13. The van der Waals surface area contributed by atoms with E-state index in [0.29, 0.717) is 5.56 Å². The molecule has 0 nitrogen and oxygen atoms in total. The normalized spacial score (nSPS) is 11.8. The van der Waals surface area contributed by atoms with Gasteiger partial charge in [0, 0.05) is 0 Å². The summed E-state index contributed by atoms with van der Waals surface area (Å²) in [6.07, 6.45) is 2.53. The van der Waals surface area contributed by atoms with Crippen LogP contribution in [0.2, 0.25) is 0 Å². The first-order chi connectivity index (χ1) is 8.45. The minimum atomic E-state index is -4.23. The first kappa shape index (κ1) is 15.1. The van der Waals surface area contributed by atoms with Crippen LogP contribution in [0.15, 0.2) is 18.2 Å². The van der Waals surface area contributed by atoms with Crippen LogP contribution in [0.5, 0.6) is 0 Å². The van der Waals surface area contributed by atoms with Crippen molar-refractivity contribution in [1.29, 1.82) is 0 Å². The van der Waals surface area contributed by atoms with Crippen molar-refractivity contribution in [1.82, 2.24) is 0 Å². The van der Waals surface area contributed by atoms with Crippen molar-refractivity contribution < 1.29 is 13.2 Å². The Morgan fingerprint density at radius 3 is 2.22 bits per heavy atom. The number of aryl methyl sites for hydroxylation is 2. The number of rotatable bonds is 6. The minimum Gasteiger partial charge on any atom is -0.166 e. The predicted molar refractivity (Wildman–Crippen MR) is 68.6 cm³/mol. The molecule has 0 aliphatic carbocycles. The Morgan fingerprint density at radius 1 is 1.00 bits per heavy atom. The number of unbranched alkanes of at least 4 members (excludes halogenated alkanes) is 4. The lowest BCUT2D eigenvalue weighted by atomic mass is 10.0. The number of hydrogen-bond acceptors (Lipinski definition) is 0. The van der Waals surface area contributed by atoms with E-state index in [1.54, 1.807) is 12.1 Å². The summed E-state index contributed by atoms with van der Waals surface area (Å²) in [6.45, 7) is 3.70. The maximum absolute atomic E-state index is 12.6. The van der Waals surface area contributed by atoms with Gasteiger partial charge >= 0.3 is 6.18 Å². The van der Waals surface area contributed by atoms with Crippen LogP contribution >= 0.6 is 0 Å². The highest BCUT2D eigenvalue weighted by molar-refractivity contribution is 5.33. The molecule has 3 heteroatoms. The summed E-state index contributed by atoms with van der Waals surface area (Å²) in [4.78, 5) is 0. The summed E-state index contributed by atoms with van der Waals surface area (Å²) in [6, 6.07) is 4.48. The highest BCUT2D eigenvalue weighted by atomic mass is 19.4. The quantitative estimate of drug-likeness (QED) is 0.589. The third-order valence-electron chi connectivity index (χ3n) is 3.17. The van der Waals surface area contributed by atoms with E-state index in [9.17, 15) is 13.2 Å². The molecule has 0 spiro atoms. The van der Waals surface area contributed by atoms with E-state index in [-0.39, 0.29) is 0 Å². The van der Waals surface area contributed by atoms with Crippen LogP contribution < -0.4 is 0 Å². The van der Waals surface area contributed by atoms with Gasteiger partial charge in [-0.15, -0.1) is 0 Å². The maximum atomic E-state index is 12.6. The maximum Gasteiger partial charge on any atom is 0.416 e. The Bertz CT molecular complexity index is 366. The van der Waals surface area contributed by atoms with Gasteiger partial charge in [0.05, 0.1) is 5.56 Å². The van der Waals surface area contributed by atoms with E-state index in [2.05, 4.69) is 6.92 Å². The third-order valence-corrected chi connectivity index (χ3v) is 3.17. The zero-order valence-corrected chi connectivity index (χ0v) is 11.1. The molecule has 0 radical (unpaired) electrons. The van der Waals surface area contributed by atoms with Crippen molar-refractivity contribution in [3.8, 4) is 0 Å². The molecule has 0 bridgehead atoms. The smallest absolute Gasteiger partial charge is 0.166 e. The van der Waals surface area contributed by atoms with E-state index >= 15 is 0 Å². The van der Waals surface area contributed by atoms with Gasteiger partial charge in [0.15, 0.2) is 0 Å². The number of halogens is 3. The molecule has 0 atom stereocenters. The zero-order chi connectivity index (χ0) is 13.6. The molecule has 1 rings (SSSR count). The van der Waals surface area contributed by atoms with E-state index in [4.69, 9.17) is 0 Å². The van der Waals surface area contributed by atoms with Crippen molar-refractivity contribution in [2.45, 2.75) is 58.5 Å². The van der Waals surface area contributed by atoms with Gasteiger partial charge in [-0.25, -0.2) is 0 Å². The standard InChI is InChI=1S/C15H21F3/c1-3-4-5-6-7-8-13-9-10-14(12(2)11-13)15(16,17)18/h9-11H,3-8H2,1-2H3. The molecule has 0 saturated heterocycles. The van der Waals surface area contributed by atoms with Crippen molar-refractivity contribution in [2.24, 2.45) is 0 Å². The topological polar surface area (TPSA) is 0 Å². The first-order valence-electron chi connectivity index (χ1n) is 6.62. The fourth-order valence-corrected chi connectivity index (χ4v) is 2.13. The molecule has 18 heavy (non-hydrogen) atoms. The summed E-state index contributed by atoms with van der Waals surface area (Å²) >= 11 is 0. The molecular weight excluding hydrogens is 237 g/mol. The second-order valence-corrected chi connectivity index (χ2v) is 4.81. The number of hydrogen-bond donors (Lipinski definition) is 0. The predicted octanol–water partition coefficient (Wildman–Crippen LogP) is 5.53. The van der Waals surface area contributed by atoms with Gasteiger partial charge in [-0.05, 0) is 37.0 Å². The summed E-state index contributed by atoms with van der Waals surface area (Å²) < 4.78 is 37.7. The Hall–Kier alpha value is -0.990. The van der Waals surface area contributed by atoms with Gasteiger partial charge < -0.3 is 0 Å². The van der Waals surface area contributed by atoms with Crippen molar-refractivity contribution in [2.75, 3.05) is 0 Å². The largest absolute Gasteiger partial charge is 0.416 e. The molecule has 0 aliphatic rings. The van der Waals surface area contributed by atoms with Gasteiger partial charge in [0.2, 0.25) is 0 Å². The number of benzene rings is 1. The molecule has 0 aromatic heterocycles. The molecule has 102 valence electrons. The molecule has 0 fully saturated rings. The summed E-state index contributed by atoms with van der Waals surface area (Å²) in [5.41, 5.74) is 0.822. The molecule has 0 N–H and O–H groups in total. The average molecular weight is 258 g/mol. The molecule has 0 unspecified atom stereocenters. The van der Waals surface area contributed by atoms with Crippen molar-refractivity contribution in [3.05, 3.63) is 34.9 Å². The molecule has 0 amide bonds. The van der Waals surface area contributed by atoms with Crippen LogP contribution in [0, 0.1) is 6.92 Å². The Kier molecular flexibility index (Phi) is 5.70. The summed E-state index contributed by atoms with van der Waals surface area (Å²) in [5.74, 6) is 0. The Labute approximate surface area is 107 Å². The second-order valence-electron chi connectivity index (χ2n) is 4.81. The average Bonchev–Trinajstić information content (AvgIpc) is 2.27. The van der Waals surface area contributed by atoms with E-state index in [1.807, 2.05) is 0 Å². The van der Waals surface area contributed by atoms with Crippen molar-refractivity contribution >= 4 is 0 Å². The lowest BCUT2D eigenvalue weighted by Crippen LogP contribution is -2.07. The molecule has 1 aromatic rings. The summed E-state index contributed by atoms with van der Waals surface area (Å²) in [5, 5.41) is 0. The van der Waals surface area contributed by atoms with E-state index < -0.39 is 11.7 Å². The van der Waals surface area contributed by atoms with E-state index in [1.165, 1.54) is 32.3 Å². The van der Waals surface area contributed by atoms with Crippen LogP contribution in [-0.2, 0) is 12.6 Å². The van der Waals surface area contributed by atoms with Crippen LogP contribution in [0.1, 0.15) is 55.7 Å². The van der Waals surface area contributed by atoms with Crippen LogP contribution in [-0.4, -0.2) is 0 Å². The van der Waals surface area contributed by atoms with E-state index in [0.717, 1.165) is 24.8 Å². The highest BCUT2D eigenvalue weighted by Crippen LogP contribution is 2.32. The van der Waals surface area contributed by atoms with Gasteiger partial charge in [0.25, 0.3) is 0 Å². The van der Waals surface area contributed by atoms with Crippen LogP contribution in [0.3, 0.4) is 0 Å². The van der Waals surface area contributed by atoms with Crippen LogP contribution in [0.25, 0.3) is 0 Å². The zero-order valence-electron chi connectivity index (χ0n) is 11.1. The molecule has 0 heterocycles. The lowest BCUT2D eigenvalue weighted by Gasteiger charge is -2.11. The van der Waals surface area contributed by atoms with Gasteiger partial charge in [0.1, 0.15) is 0 Å². The SMILES string of the molecule is CCCCCCCc1ccc(C(F)(F)F)c(C)c1. The first-order valence-corrected chi connectivity index (χ1v) is 6.62. The minimum absolute atomic E-state index is 0.327. The molecule has 0 saturated carbocycles. The van der Waals surface area contributed by atoms with Gasteiger partial charge in [-0.3, -0.25) is 0 Å². The Morgan fingerprint density at radius 2 is 1.67 bits per heavy atom. The molecule has 1 aromatic carbocycles. The monoisotopic (exact) mass is 258 g/mol. The lowest BCUT2D eigenvalue weighted by molar-refractivity contribution is -0.138. The molecular formula is C15H21F3.